The molecule has 7 aromatic rings. The molecule has 0 radical (unpaired) electrons. The monoisotopic (exact) mass is 451 g/mol. The number of para-hydroxylation sites is 4. The Morgan fingerprint density at radius 2 is 0.829 bits per heavy atom. The SMILES string of the molecule is N#Cc1c(-n2c3ccccc3c3ccccc32)cc(F)cc1-n1c2ccccc2c2ccccc21. The molecule has 0 aliphatic heterocycles. The Labute approximate surface area is 200 Å². The van der Waals surface area contributed by atoms with Crippen LogP contribution in [-0.4, -0.2) is 9.13 Å². The zero-order valence-corrected chi connectivity index (χ0v) is 18.6. The van der Waals surface area contributed by atoms with E-state index >= 15 is 4.39 Å². The van der Waals surface area contributed by atoms with E-state index in [0.717, 1.165) is 43.6 Å². The highest BCUT2D eigenvalue weighted by Gasteiger charge is 2.21. The van der Waals surface area contributed by atoms with Gasteiger partial charge < -0.3 is 9.13 Å². The highest BCUT2D eigenvalue weighted by molar-refractivity contribution is 6.11. The lowest BCUT2D eigenvalue weighted by Crippen LogP contribution is -2.05. The minimum absolute atomic E-state index is 0.391. The average Bonchev–Trinajstić information content (AvgIpc) is 3.41. The Balaban J connectivity index is 1.66. The van der Waals surface area contributed by atoms with E-state index in [0.29, 0.717) is 16.9 Å². The zero-order valence-electron chi connectivity index (χ0n) is 18.6. The summed E-state index contributed by atoms with van der Waals surface area (Å²) >= 11 is 0. The van der Waals surface area contributed by atoms with Crippen molar-refractivity contribution in [1.29, 1.82) is 5.26 Å². The van der Waals surface area contributed by atoms with Crippen molar-refractivity contribution in [2.24, 2.45) is 0 Å². The first-order valence-corrected chi connectivity index (χ1v) is 11.5. The normalized spacial score (nSPS) is 11.5. The molecular formula is C31H18FN3. The van der Waals surface area contributed by atoms with Gasteiger partial charge >= 0.3 is 0 Å². The molecule has 4 heteroatoms. The molecule has 0 saturated heterocycles. The van der Waals surface area contributed by atoms with Crippen molar-refractivity contribution in [2.45, 2.75) is 0 Å². The molecule has 3 nitrogen and oxygen atoms in total. The maximum Gasteiger partial charge on any atom is 0.127 e. The summed E-state index contributed by atoms with van der Waals surface area (Å²) in [6, 6.07) is 37.5. The highest BCUT2D eigenvalue weighted by atomic mass is 19.1. The van der Waals surface area contributed by atoms with Gasteiger partial charge in [0.05, 0.1) is 33.4 Å². The smallest absolute Gasteiger partial charge is 0.127 e. The number of rotatable bonds is 2. The summed E-state index contributed by atoms with van der Waals surface area (Å²) in [5.41, 5.74) is 5.22. The first-order valence-electron chi connectivity index (χ1n) is 11.5. The van der Waals surface area contributed by atoms with Crippen LogP contribution in [-0.2, 0) is 0 Å². The summed E-state index contributed by atoms with van der Waals surface area (Å²) in [5, 5.41) is 14.7. The van der Waals surface area contributed by atoms with E-state index in [2.05, 4.69) is 30.3 Å². The van der Waals surface area contributed by atoms with Gasteiger partial charge in [-0.3, -0.25) is 0 Å². The topological polar surface area (TPSA) is 33.6 Å². The minimum Gasteiger partial charge on any atom is -0.308 e. The minimum atomic E-state index is -0.391. The molecule has 0 amide bonds. The van der Waals surface area contributed by atoms with E-state index in [1.807, 2.05) is 81.9 Å². The van der Waals surface area contributed by atoms with Crippen molar-refractivity contribution < 1.29 is 4.39 Å². The summed E-state index contributed by atoms with van der Waals surface area (Å²) in [7, 11) is 0. The Bertz CT molecular complexity index is 1740. The molecule has 164 valence electrons. The third-order valence-corrected chi connectivity index (χ3v) is 6.82. The Kier molecular flexibility index (Phi) is 4.09. The first kappa shape index (κ1) is 19.6. The fraction of sp³-hybridized carbons (Fsp3) is 0. The number of fused-ring (bicyclic) bond motifs is 6. The van der Waals surface area contributed by atoms with E-state index in [1.165, 1.54) is 12.1 Å². The van der Waals surface area contributed by atoms with Gasteiger partial charge in [-0.25, -0.2) is 4.39 Å². The maximum atomic E-state index is 15.4. The number of halogens is 1. The van der Waals surface area contributed by atoms with Crippen molar-refractivity contribution in [1.82, 2.24) is 9.13 Å². The van der Waals surface area contributed by atoms with Crippen LogP contribution in [0.4, 0.5) is 4.39 Å². The average molecular weight is 452 g/mol. The van der Waals surface area contributed by atoms with Gasteiger partial charge in [-0.05, 0) is 36.4 Å². The van der Waals surface area contributed by atoms with Crippen LogP contribution in [0.1, 0.15) is 5.56 Å². The second-order valence-corrected chi connectivity index (χ2v) is 8.67. The third kappa shape index (κ3) is 2.70. The predicted octanol–water partition coefficient (Wildman–Crippen LogP) is 7.89. The standard InChI is InChI=1S/C31H18FN3/c32-20-17-30(34-26-13-5-1-9-21(26)22-10-2-6-14-27(22)34)25(19-33)31(18-20)35-28-15-7-3-11-23(28)24-12-4-8-16-29(24)35/h1-18H. The van der Waals surface area contributed by atoms with Crippen molar-refractivity contribution >= 4 is 43.6 Å². The molecule has 2 heterocycles. The summed E-state index contributed by atoms with van der Waals surface area (Å²) in [4.78, 5) is 0. The van der Waals surface area contributed by atoms with Crippen LogP contribution in [0.15, 0.2) is 109 Å². The molecular weight excluding hydrogens is 433 g/mol. The maximum absolute atomic E-state index is 15.4. The van der Waals surface area contributed by atoms with E-state index in [1.54, 1.807) is 0 Å². The summed E-state index contributed by atoms with van der Waals surface area (Å²) in [6.45, 7) is 0. The van der Waals surface area contributed by atoms with E-state index < -0.39 is 5.82 Å². The zero-order chi connectivity index (χ0) is 23.5. The van der Waals surface area contributed by atoms with Gasteiger partial charge in [0, 0.05) is 21.5 Å². The van der Waals surface area contributed by atoms with Crippen molar-refractivity contribution in [3.05, 3.63) is 121 Å². The molecule has 0 atom stereocenters. The largest absolute Gasteiger partial charge is 0.308 e. The lowest BCUT2D eigenvalue weighted by atomic mass is 10.1. The van der Waals surface area contributed by atoms with Gasteiger partial charge in [-0.2, -0.15) is 5.26 Å². The number of aromatic nitrogens is 2. The molecule has 0 saturated carbocycles. The quantitative estimate of drug-likeness (QED) is 0.263. The number of hydrogen-bond acceptors (Lipinski definition) is 1. The fourth-order valence-electron chi connectivity index (χ4n) is 5.41. The van der Waals surface area contributed by atoms with Crippen LogP contribution < -0.4 is 0 Å². The van der Waals surface area contributed by atoms with Gasteiger partial charge in [0.1, 0.15) is 17.4 Å². The molecule has 7 rings (SSSR count). The molecule has 0 N–H and O–H groups in total. The van der Waals surface area contributed by atoms with Crippen molar-refractivity contribution in [3.8, 4) is 17.4 Å². The number of nitriles is 1. The first-order chi connectivity index (χ1) is 17.3. The number of benzene rings is 5. The summed E-state index contributed by atoms with van der Waals surface area (Å²) in [5.74, 6) is -0.391. The Morgan fingerprint density at radius 3 is 1.14 bits per heavy atom. The fourth-order valence-corrected chi connectivity index (χ4v) is 5.41. The molecule has 2 aromatic heterocycles. The molecule has 0 unspecified atom stereocenters. The lowest BCUT2D eigenvalue weighted by Gasteiger charge is -2.16. The van der Waals surface area contributed by atoms with Crippen LogP contribution in [0.5, 0.6) is 0 Å². The second-order valence-electron chi connectivity index (χ2n) is 8.67. The van der Waals surface area contributed by atoms with Crippen LogP contribution in [0.3, 0.4) is 0 Å². The van der Waals surface area contributed by atoms with E-state index in [9.17, 15) is 5.26 Å². The van der Waals surface area contributed by atoms with Gasteiger partial charge in [0.2, 0.25) is 0 Å². The molecule has 0 aliphatic rings. The molecule has 0 aliphatic carbocycles. The number of nitrogens with zero attached hydrogens (tertiary/aromatic N) is 3. The summed E-state index contributed by atoms with van der Waals surface area (Å²) in [6.07, 6.45) is 0. The number of hydrogen-bond donors (Lipinski definition) is 0. The molecule has 0 fully saturated rings. The molecule has 5 aromatic carbocycles. The van der Waals surface area contributed by atoms with Crippen molar-refractivity contribution in [3.63, 3.8) is 0 Å². The van der Waals surface area contributed by atoms with Crippen LogP contribution in [0.25, 0.3) is 55.0 Å². The highest BCUT2D eigenvalue weighted by Crippen LogP contribution is 2.37. The van der Waals surface area contributed by atoms with E-state index in [4.69, 9.17) is 0 Å². The summed E-state index contributed by atoms with van der Waals surface area (Å²) < 4.78 is 19.4. The molecule has 0 bridgehead atoms. The van der Waals surface area contributed by atoms with Crippen molar-refractivity contribution in [2.75, 3.05) is 0 Å². The van der Waals surface area contributed by atoms with Gasteiger partial charge in [0.15, 0.2) is 0 Å². The lowest BCUT2D eigenvalue weighted by molar-refractivity contribution is 0.626. The molecule has 0 spiro atoms. The van der Waals surface area contributed by atoms with Crippen LogP contribution in [0.2, 0.25) is 0 Å². The Morgan fingerprint density at radius 1 is 0.514 bits per heavy atom. The Hall–Kier alpha value is -4.88. The van der Waals surface area contributed by atoms with Crippen LogP contribution >= 0.6 is 0 Å². The predicted molar refractivity (Wildman–Crippen MR) is 140 cm³/mol. The van der Waals surface area contributed by atoms with Gasteiger partial charge in [-0.15, -0.1) is 0 Å². The van der Waals surface area contributed by atoms with Gasteiger partial charge in [0.25, 0.3) is 0 Å². The second kappa shape index (κ2) is 7.31. The van der Waals surface area contributed by atoms with Crippen LogP contribution in [0, 0.1) is 17.1 Å². The third-order valence-electron chi connectivity index (χ3n) is 6.82. The van der Waals surface area contributed by atoms with Gasteiger partial charge in [-0.1, -0.05) is 72.8 Å². The molecule has 35 heavy (non-hydrogen) atoms. The van der Waals surface area contributed by atoms with E-state index in [-0.39, 0.29) is 0 Å².